The van der Waals surface area contributed by atoms with Gasteiger partial charge >= 0.3 is 0 Å². The van der Waals surface area contributed by atoms with E-state index in [9.17, 15) is 0 Å². The van der Waals surface area contributed by atoms with Gasteiger partial charge in [-0.25, -0.2) is 9.97 Å². The number of aryl methyl sites for hydroxylation is 2. The first-order valence-corrected chi connectivity index (χ1v) is 8.16. The normalized spacial score (nSPS) is 10.8. The topological polar surface area (TPSA) is 102 Å². The van der Waals surface area contributed by atoms with Crippen LogP contribution in [-0.4, -0.2) is 24.9 Å². The van der Waals surface area contributed by atoms with Crippen LogP contribution in [0.1, 0.15) is 11.5 Å². The third-order valence-corrected chi connectivity index (χ3v) is 3.90. The van der Waals surface area contributed by atoms with Crippen LogP contribution < -0.4 is 11.1 Å². The molecule has 3 heterocycles. The van der Waals surface area contributed by atoms with Crippen LogP contribution in [0.25, 0.3) is 22.3 Å². The van der Waals surface area contributed by atoms with Crippen molar-refractivity contribution >= 4 is 28.4 Å². The molecular formula is C19H17N7. The Kier molecular flexibility index (Phi) is 3.89. The van der Waals surface area contributed by atoms with Crippen LogP contribution in [-0.2, 0) is 0 Å². The molecule has 4 rings (SSSR count). The Morgan fingerprint density at radius 3 is 2.65 bits per heavy atom. The summed E-state index contributed by atoms with van der Waals surface area (Å²) < 4.78 is 0. The minimum Gasteiger partial charge on any atom is -0.368 e. The van der Waals surface area contributed by atoms with Crippen LogP contribution >= 0.6 is 0 Å². The number of pyridine rings is 2. The summed E-state index contributed by atoms with van der Waals surface area (Å²) in [5.74, 6) is 1.89. The van der Waals surface area contributed by atoms with Crippen LogP contribution in [0.15, 0.2) is 48.7 Å². The maximum absolute atomic E-state index is 5.76. The second-order valence-electron chi connectivity index (χ2n) is 5.95. The summed E-state index contributed by atoms with van der Waals surface area (Å²) in [6.45, 7) is 3.76. The molecule has 7 heteroatoms. The lowest BCUT2D eigenvalue weighted by Gasteiger charge is -2.11. The third kappa shape index (κ3) is 3.14. The molecule has 0 saturated heterocycles. The molecule has 3 N–H and O–H groups in total. The van der Waals surface area contributed by atoms with Crippen LogP contribution in [0.2, 0.25) is 0 Å². The molecule has 1 aromatic carbocycles. The number of nitrogens with two attached hydrogens (primary N) is 1. The molecule has 0 bridgehead atoms. The van der Waals surface area contributed by atoms with Crippen LogP contribution in [0.4, 0.5) is 17.5 Å². The van der Waals surface area contributed by atoms with Gasteiger partial charge in [0.05, 0.1) is 11.1 Å². The summed E-state index contributed by atoms with van der Waals surface area (Å²) >= 11 is 0. The number of nitrogens with one attached hydrogen (secondary N) is 1. The van der Waals surface area contributed by atoms with Crippen molar-refractivity contribution in [3.05, 3.63) is 60.2 Å². The van der Waals surface area contributed by atoms with E-state index in [2.05, 4.69) is 36.3 Å². The highest BCUT2D eigenvalue weighted by Gasteiger charge is 2.11. The fraction of sp³-hybridized carbons (Fsp3) is 0.105. The minimum atomic E-state index is 0.189. The van der Waals surface area contributed by atoms with E-state index >= 15 is 0 Å². The molecule has 3 aromatic heterocycles. The molecular weight excluding hydrogens is 326 g/mol. The van der Waals surface area contributed by atoms with Crippen molar-refractivity contribution in [1.29, 1.82) is 0 Å². The number of aromatic nitrogens is 5. The first-order chi connectivity index (χ1) is 12.6. The number of rotatable bonds is 3. The molecule has 0 unspecified atom stereocenters. The Morgan fingerprint density at radius 1 is 0.923 bits per heavy atom. The van der Waals surface area contributed by atoms with Gasteiger partial charge in [0.15, 0.2) is 5.82 Å². The number of fused-ring (bicyclic) bond motifs is 1. The van der Waals surface area contributed by atoms with E-state index in [4.69, 9.17) is 5.73 Å². The summed E-state index contributed by atoms with van der Waals surface area (Å²) in [6.07, 6.45) is 1.72. The fourth-order valence-electron chi connectivity index (χ4n) is 2.75. The Hall–Kier alpha value is -3.61. The van der Waals surface area contributed by atoms with Gasteiger partial charge in [0.2, 0.25) is 5.95 Å². The highest BCUT2D eigenvalue weighted by atomic mass is 15.1. The van der Waals surface area contributed by atoms with Crippen molar-refractivity contribution in [3.8, 4) is 11.4 Å². The van der Waals surface area contributed by atoms with Gasteiger partial charge in [-0.05, 0) is 50.2 Å². The van der Waals surface area contributed by atoms with Gasteiger partial charge in [-0.15, -0.1) is 0 Å². The van der Waals surface area contributed by atoms with Crippen LogP contribution in [0.3, 0.4) is 0 Å². The smallest absolute Gasteiger partial charge is 0.223 e. The van der Waals surface area contributed by atoms with Crippen molar-refractivity contribution in [2.75, 3.05) is 11.1 Å². The Balaban J connectivity index is 1.74. The Morgan fingerprint density at radius 2 is 1.81 bits per heavy atom. The van der Waals surface area contributed by atoms with E-state index in [0.29, 0.717) is 17.5 Å². The molecule has 4 aromatic rings. The molecule has 0 amide bonds. The highest BCUT2D eigenvalue weighted by Crippen LogP contribution is 2.27. The van der Waals surface area contributed by atoms with E-state index in [1.54, 1.807) is 13.1 Å². The summed E-state index contributed by atoms with van der Waals surface area (Å²) in [6, 6.07) is 13.8. The zero-order valence-electron chi connectivity index (χ0n) is 14.4. The molecule has 0 atom stereocenters. The lowest BCUT2D eigenvalue weighted by molar-refractivity contribution is 0.995. The lowest BCUT2D eigenvalue weighted by atomic mass is 10.1. The monoisotopic (exact) mass is 343 g/mol. The third-order valence-electron chi connectivity index (χ3n) is 3.90. The highest BCUT2D eigenvalue weighted by molar-refractivity contribution is 5.84. The van der Waals surface area contributed by atoms with Crippen molar-refractivity contribution in [2.24, 2.45) is 0 Å². The number of hydrogen-bond donors (Lipinski definition) is 2. The first-order valence-electron chi connectivity index (χ1n) is 8.16. The standard InChI is InChI=1S/C19H17N7/c1-11-5-6-13-10-14(7-8-16(13)22-11)25-17-15(4-3-9-21-17)18-23-12(2)24-19(20)26-18/h3-10H,1-2H3,(H,21,25)(H2,20,23,24,26). The van der Waals surface area contributed by atoms with Crippen LogP contribution in [0, 0.1) is 13.8 Å². The number of nitrogen functional groups attached to an aromatic ring is 1. The van der Waals surface area contributed by atoms with Crippen molar-refractivity contribution in [3.63, 3.8) is 0 Å². The average Bonchev–Trinajstić information content (AvgIpc) is 2.61. The van der Waals surface area contributed by atoms with E-state index in [1.165, 1.54) is 0 Å². The van der Waals surface area contributed by atoms with E-state index in [-0.39, 0.29) is 5.95 Å². The quantitative estimate of drug-likeness (QED) is 0.587. The van der Waals surface area contributed by atoms with Gasteiger partial charge in [0, 0.05) is 23.0 Å². The van der Waals surface area contributed by atoms with Gasteiger partial charge in [-0.3, -0.25) is 4.98 Å². The molecule has 0 spiro atoms. The molecule has 26 heavy (non-hydrogen) atoms. The zero-order valence-corrected chi connectivity index (χ0v) is 14.4. The molecule has 0 fully saturated rings. The minimum absolute atomic E-state index is 0.189. The largest absolute Gasteiger partial charge is 0.368 e. The predicted octanol–water partition coefficient (Wildman–Crippen LogP) is 3.42. The molecule has 128 valence electrons. The second-order valence-corrected chi connectivity index (χ2v) is 5.95. The molecule has 0 aliphatic heterocycles. The zero-order chi connectivity index (χ0) is 18.1. The maximum atomic E-state index is 5.76. The molecule has 0 aliphatic rings. The van der Waals surface area contributed by atoms with Crippen molar-refractivity contribution in [2.45, 2.75) is 13.8 Å². The fourth-order valence-corrected chi connectivity index (χ4v) is 2.75. The van der Waals surface area contributed by atoms with E-state index in [0.717, 1.165) is 27.8 Å². The molecule has 0 aliphatic carbocycles. The van der Waals surface area contributed by atoms with Gasteiger partial charge in [-0.2, -0.15) is 9.97 Å². The van der Waals surface area contributed by atoms with E-state index in [1.807, 2.05) is 43.3 Å². The number of nitrogens with zero attached hydrogens (tertiary/aromatic N) is 5. The van der Waals surface area contributed by atoms with Gasteiger partial charge in [0.1, 0.15) is 11.6 Å². The summed E-state index contributed by atoms with van der Waals surface area (Å²) in [5.41, 5.74) is 9.37. The van der Waals surface area contributed by atoms with Crippen molar-refractivity contribution < 1.29 is 0 Å². The summed E-state index contributed by atoms with van der Waals surface area (Å²) in [7, 11) is 0. The Bertz CT molecular complexity index is 1090. The Labute approximate surface area is 150 Å². The average molecular weight is 343 g/mol. The van der Waals surface area contributed by atoms with Gasteiger partial charge in [0.25, 0.3) is 0 Å². The molecule has 7 nitrogen and oxygen atoms in total. The van der Waals surface area contributed by atoms with Gasteiger partial charge in [-0.1, -0.05) is 6.07 Å². The molecule has 0 radical (unpaired) electrons. The maximum Gasteiger partial charge on any atom is 0.223 e. The lowest BCUT2D eigenvalue weighted by Crippen LogP contribution is -2.04. The number of benzene rings is 1. The number of hydrogen-bond acceptors (Lipinski definition) is 7. The first kappa shape index (κ1) is 15.9. The van der Waals surface area contributed by atoms with Crippen LogP contribution in [0.5, 0.6) is 0 Å². The second kappa shape index (κ2) is 6.36. The number of anilines is 3. The van der Waals surface area contributed by atoms with Crippen molar-refractivity contribution in [1.82, 2.24) is 24.9 Å². The predicted molar refractivity (Wildman–Crippen MR) is 102 cm³/mol. The SMILES string of the molecule is Cc1ccc2cc(Nc3ncccc3-c3nc(C)nc(N)n3)ccc2n1. The summed E-state index contributed by atoms with van der Waals surface area (Å²) in [5, 5.41) is 4.39. The summed E-state index contributed by atoms with van der Waals surface area (Å²) in [4.78, 5) is 21.6. The van der Waals surface area contributed by atoms with E-state index < -0.39 is 0 Å². The molecule has 0 saturated carbocycles. The van der Waals surface area contributed by atoms with Gasteiger partial charge < -0.3 is 11.1 Å².